The summed E-state index contributed by atoms with van der Waals surface area (Å²) in [7, 11) is 1.46. The van der Waals surface area contributed by atoms with E-state index in [0.29, 0.717) is 11.0 Å². The lowest BCUT2D eigenvalue weighted by Crippen LogP contribution is -3.10. The first kappa shape index (κ1) is 12.1. The monoisotopic (exact) mass is 250 g/mol. The Labute approximate surface area is 94.9 Å². The zero-order valence-electron chi connectivity index (χ0n) is 7.78. The largest absolute Gasteiger partial charge is 0.607 e. The Balaban J connectivity index is 2.41. The third-order valence-electron chi connectivity index (χ3n) is 1.40. The Morgan fingerprint density at radius 3 is 2.93 bits per heavy atom. The van der Waals surface area contributed by atoms with Crippen LogP contribution in [0.3, 0.4) is 0 Å². The van der Waals surface area contributed by atoms with Gasteiger partial charge < -0.3 is 21.1 Å². The molecule has 1 aromatic rings. The second-order valence-electron chi connectivity index (χ2n) is 2.42. The first-order valence-electron chi connectivity index (χ1n) is 3.90. The predicted molar refractivity (Wildman–Crippen MR) is 58.2 cm³/mol. The zero-order chi connectivity index (χ0) is 11.3. The topological polar surface area (TPSA) is 99.9 Å². The Kier molecular flexibility index (Phi) is 4.72. The van der Waals surface area contributed by atoms with E-state index in [1.54, 1.807) is 6.20 Å². The summed E-state index contributed by atoms with van der Waals surface area (Å²) in [5.41, 5.74) is 2.00. The first-order valence-corrected chi connectivity index (χ1v) is 5.10. The van der Waals surface area contributed by atoms with Gasteiger partial charge in [0.1, 0.15) is 0 Å². The van der Waals surface area contributed by atoms with Crippen molar-refractivity contribution in [3.05, 3.63) is 26.0 Å². The molecule has 0 unspecified atom stereocenters. The van der Waals surface area contributed by atoms with Crippen LogP contribution < -0.4 is 16.1 Å². The molecule has 15 heavy (non-hydrogen) atoms. The molecule has 1 heterocycles. The number of thiazole rings is 1. The molecule has 0 fully saturated rings. The molecule has 0 saturated heterocycles. The van der Waals surface area contributed by atoms with Crippen LogP contribution >= 0.6 is 22.9 Å². The van der Waals surface area contributed by atoms with Crippen molar-refractivity contribution in [2.24, 2.45) is 4.99 Å². The Morgan fingerprint density at radius 2 is 2.47 bits per heavy atom. The number of guanidine groups is 1. The molecule has 0 aliphatic heterocycles. The average Bonchev–Trinajstić information content (AvgIpc) is 2.58. The molecule has 0 atom stereocenters. The summed E-state index contributed by atoms with van der Waals surface area (Å²) in [6.45, 7) is 0.400. The van der Waals surface area contributed by atoms with E-state index in [9.17, 15) is 10.4 Å². The molecule has 0 saturated carbocycles. The highest BCUT2D eigenvalue weighted by Crippen LogP contribution is 2.16. The molecule has 0 aliphatic carbocycles. The van der Waals surface area contributed by atoms with Crippen LogP contribution in [0.2, 0.25) is 4.47 Å². The van der Waals surface area contributed by atoms with E-state index in [4.69, 9.17) is 11.6 Å². The minimum atomic E-state index is -1.41. The van der Waals surface area contributed by atoms with Crippen LogP contribution in [-0.4, -0.2) is 18.0 Å². The highest BCUT2D eigenvalue weighted by atomic mass is 35.5. The van der Waals surface area contributed by atoms with E-state index in [0.717, 1.165) is 4.88 Å². The van der Waals surface area contributed by atoms with Crippen molar-refractivity contribution in [1.82, 2.24) is 15.7 Å². The molecule has 1 rings (SSSR count). The molecule has 84 valence electrons. The lowest BCUT2D eigenvalue weighted by atomic mass is 10.5. The maximum absolute atomic E-state index is 10.2. The fraction of sp³-hybridized carbons (Fsp3) is 0.333. The van der Waals surface area contributed by atoms with Crippen LogP contribution in [0.4, 0.5) is 0 Å². The zero-order valence-corrected chi connectivity index (χ0v) is 9.35. The van der Waals surface area contributed by atoms with Gasteiger partial charge in [-0.25, -0.2) is 10.4 Å². The minimum Gasteiger partial charge on any atom is -0.607 e. The molecule has 0 aliphatic rings. The number of nitrogens with zero attached hydrogens (tertiary/aromatic N) is 2. The molecular weight excluding hydrogens is 242 g/mol. The van der Waals surface area contributed by atoms with E-state index >= 15 is 0 Å². The Morgan fingerprint density at radius 1 is 1.73 bits per heavy atom. The van der Waals surface area contributed by atoms with Gasteiger partial charge in [0.25, 0.3) is 0 Å². The molecule has 0 bridgehead atoms. The highest BCUT2D eigenvalue weighted by Gasteiger charge is 2.01. The summed E-state index contributed by atoms with van der Waals surface area (Å²) >= 11 is 6.93. The smallest absolute Gasteiger partial charge is 0.238 e. The number of halogens is 1. The van der Waals surface area contributed by atoms with Gasteiger partial charge >= 0.3 is 0 Å². The summed E-state index contributed by atoms with van der Waals surface area (Å²) in [5.74, 6) is 0.125. The summed E-state index contributed by atoms with van der Waals surface area (Å²) in [6.07, 6.45) is 1.60. The summed E-state index contributed by atoms with van der Waals surface area (Å²) in [5, 5.41) is 21.8. The predicted octanol–water partition coefficient (Wildman–Crippen LogP) is -0.743. The first-order chi connectivity index (χ1) is 7.11. The average molecular weight is 251 g/mol. The van der Waals surface area contributed by atoms with Crippen molar-refractivity contribution in [1.29, 1.82) is 0 Å². The van der Waals surface area contributed by atoms with Gasteiger partial charge in [0, 0.05) is 18.1 Å². The maximum atomic E-state index is 10.2. The highest BCUT2D eigenvalue weighted by molar-refractivity contribution is 7.15. The number of nitrogens with one attached hydrogen (secondary N) is 3. The van der Waals surface area contributed by atoms with Crippen molar-refractivity contribution < 1.29 is 5.34 Å². The minimum absolute atomic E-state index is 0.125. The molecule has 0 spiro atoms. The Bertz CT molecular complexity index is 342. The number of hydrogen-bond acceptors (Lipinski definition) is 5. The summed E-state index contributed by atoms with van der Waals surface area (Å²) in [4.78, 5) is 8.39. The van der Waals surface area contributed by atoms with Gasteiger partial charge in [0.2, 0.25) is 5.96 Å². The van der Waals surface area contributed by atoms with Gasteiger partial charge in [0.15, 0.2) is 4.47 Å². The molecule has 7 nitrogen and oxygen atoms in total. The number of hydrogen-bond donors (Lipinski definition) is 3. The standard InChI is InChI=1S/C6H9ClN5O2S/c1-8-6(11-12(13)14)10-3-4-2-9-5(7)15-4/h2,12H,3H2,1H3,(H2,8,10,11)/q-1. The molecule has 0 amide bonds. The van der Waals surface area contributed by atoms with Crippen molar-refractivity contribution in [2.45, 2.75) is 6.54 Å². The normalized spacial score (nSPS) is 11.9. The van der Waals surface area contributed by atoms with Crippen LogP contribution in [0.1, 0.15) is 4.88 Å². The molecule has 1 aromatic heterocycles. The maximum Gasteiger partial charge on any atom is 0.238 e. The molecule has 0 radical (unpaired) electrons. The number of quaternary nitrogens is 1. The van der Waals surface area contributed by atoms with E-state index in [1.165, 1.54) is 18.4 Å². The van der Waals surface area contributed by atoms with Crippen LogP contribution in [-0.2, 0) is 6.54 Å². The van der Waals surface area contributed by atoms with Crippen LogP contribution in [0.15, 0.2) is 11.2 Å². The fourth-order valence-corrected chi connectivity index (χ4v) is 1.73. The van der Waals surface area contributed by atoms with E-state index < -0.39 is 5.34 Å². The number of aliphatic imine (C=N–C) groups is 1. The molecule has 9 heteroatoms. The summed E-state index contributed by atoms with van der Waals surface area (Å²) < 4.78 is 0.439. The number of aromatic nitrogens is 1. The van der Waals surface area contributed by atoms with Crippen molar-refractivity contribution in [3.8, 4) is 0 Å². The second-order valence-corrected chi connectivity index (χ2v) is 4.12. The third kappa shape index (κ3) is 4.40. The lowest BCUT2D eigenvalue weighted by Gasteiger charge is -2.26. The molecule has 0 aromatic carbocycles. The van der Waals surface area contributed by atoms with E-state index in [-0.39, 0.29) is 5.96 Å². The number of rotatable bonds is 3. The van der Waals surface area contributed by atoms with Gasteiger partial charge in [-0.1, -0.05) is 11.6 Å². The second kappa shape index (κ2) is 5.83. The van der Waals surface area contributed by atoms with Gasteiger partial charge in [-0.3, -0.25) is 4.99 Å². The van der Waals surface area contributed by atoms with Crippen molar-refractivity contribution in [3.63, 3.8) is 0 Å². The van der Waals surface area contributed by atoms with Crippen LogP contribution in [0.5, 0.6) is 0 Å². The fourth-order valence-electron chi connectivity index (χ4n) is 0.812. The van der Waals surface area contributed by atoms with E-state index in [1.807, 2.05) is 5.43 Å². The van der Waals surface area contributed by atoms with Crippen molar-refractivity contribution >= 4 is 28.9 Å². The Hall–Kier alpha value is -0.930. The van der Waals surface area contributed by atoms with Gasteiger partial charge in [-0.2, -0.15) is 0 Å². The third-order valence-corrected chi connectivity index (χ3v) is 2.51. The van der Waals surface area contributed by atoms with Gasteiger partial charge in [0.05, 0.1) is 6.54 Å². The van der Waals surface area contributed by atoms with E-state index in [2.05, 4.69) is 15.3 Å². The quantitative estimate of drug-likeness (QED) is 0.373. The molecular formula is C6H9ClN5O2S-. The van der Waals surface area contributed by atoms with Gasteiger partial charge in [-0.05, 0) is 0 Å². The summed E-state index contributed by atoms with van der Waals surface area (Å²) in [6, 6.07) is 0. The van der Waals surface area contributed by atoms with Gasteiger partial charge in [-0.15, -0.1) is 11.3 Å². The van der Waals surface area contributed by atoms with Crippen molar-refractivity contribution in [2.75, 3.05) is 7.05 Å². The lowest BCUT2D eigenvalue weighted by molar-refractivity contribution is -0.831. The van der Waals surface area contributed by atoms with Crippen LogP contribution in [0.25, 0.3) is 0 Å². The van der Waals surface area contributed by atoms with Crippen LogP contribution in [0, 0.1) is 10.4 Å². The molecule has 3 N–H and O–H groups in total. The SMILES string of the molecule is CN=C(NCc1cnc(Cl)s1)N[NH+]([O-])[O-].